The fraction of sp³-hybridized carbons (Fsp3) is 0.889. The summed E-state index contributed by atoms with van der Waals surface area (Å²) in [6, 6.07) is 0. The summed E-state index contributed by atoms with van der Waals surface area (Å²) in [4.78, 5) is 11.0. The third-order valence-corrected chi connectivity index (χ3v) is 3.56. The molecule has 2 N–H and O–H groups in total. The molecule has 3 unspecified atom stereocenters. The second-order valence-electron chi connectivity index (χ2n) is 4.26. The zero-order chi connectivity index (χ0) is 8.77. The van der Waals surface area contributed by atoms with E-state index in [0.29, 0.717) is 5.92 Å². The summed E-state index contributed by atoms with van der Waals surface area (Å²) in [7, 11) is 0. The Morgan fingerprint density at radius 3 is 3.00 bits per heavy atom. The first-order valence-corrected chi connectivity index (χ1v) is 4.61. The highest BCUT2D eigenvalue weighted by Crippen LogP contribution is 2.41. The van der Waals surface area contributed by atoms with Gasteiger partial charge in [0.1, 0.15) is 5.54 Å². The number of hydrogen-bond donors (Lipinski definition) is 2. The van der Waals surface area contributed by atoms with Gasteiger partial charge in [-0.15, -0.1) is 0 Å². The fourth-order valence-corrected chi connectivity index (χ4v) is 2.54. The number of piperidine rings is 1. The molecule has 3 atom stereocenters. The number of rotatable bonds is 1. The third-order valence-electron chi connectivity index (χ3n) is 3.56. The molecule has 1 saturated heterocycles. The van der Waals surface area contributed by atoms with Crippen LogP contribution < -0.4 is 5.32 Å². The molecule has 1 aliphatic carbocycles. The van der Waals surface area contributed by atoms with E-state index in [4.69, 9.17) is 5.11 Å². The molecule has 3 heteroatoms. The molecule has 2 bridgehead atoms. The van der Waals surface area contributed by atoms with Crippen molar-refractivity contribution in [2.75, 3.05) is 6.54 Å². The van der Waals surface area contributed by atoms with Gasteiger partial charge in [0.15, 0.2) is 0 Å². The van der Waals surface area contributed by atoms with Crippen LogP contribution in [0.3, 0.4) is 0 Å². The predicted octanol–water partition coefficient (Wildman–Crippen LogP) is 0.849. The first-order chi connectivity index (χ1) is 5.63. The average Bonchev–Trinajstić information content (AvgIpc) is 2.43. The number of hydrogen-bond acceptors (Lipinski definition) is 2. The van der Waals surface area contributed by atoms with Crippen LogP contribution in [0.4, 0.5) is 0 Å². The lowest BCUT2D eigenvalue weighted by Crippen LogP contribution is -2.57. The van der Waals surface area contributed by atoms with Crippen molar-refractivity contribution in [3.63, 3.8) is 0 Å². The van der Waals surface area contributed by atoms with Crippen molar-refractivity contribution in [3.05, 3.63) is 0 Å². The Morgan fingerprint density at radius 1 is 1.58 bits per heavy atom. The van der Waals surface area contributed by atoms with Gasteiger partial charge in [0.05, 0.1) is 0 Å². The summed E-state index contributed by atoms with van der Waals surface area (Å²) < 4.78 is 0. The Hall–Kier alpha value is -0.570. The predicted molar refractivity (Wildman–Crippen MR) is 44.9 cm³/mol. The van der Waals surface area contributed by atoms with Crippen molar-refractivity contribution in [1.29, 1.82) is 0 Å². The van der Waals surface area contributed by atoms with Crippen LogP contribution in [0, 0.1) is 11.8 Å². The van der Waals surface area contributed by atoms with Crippen LogP contribution >= 0.6 is 0 Å². The lowest BCUT2D eigenvalue weighted by Gasteiger charge is -2.36. The summed E-state index contributed by atoms with van der Waals surface area (Å²) in [6.07, 6.45) is 3.40. The van der Waals surface area contributed by atoms with Gasteiger partial charge in [-0.2, -0.15) is 0 Å². The monoisotopic (exact) mass is 169 g/mol. The molecular weight excluding hydrogens is 154 g/mol. The third kappa shape index (κ3) is 0.959. The summed E-state index contributed by atoms with van der Waals surface area (Å²) >= 11 is 0. The van der Waals surface area contributed by atoms with Crippen LogP contribution in [0.5, 0.6) is 0 Å². The topological polar surface area (TPSA) is 49.3 Å². The van der Waals surface area contributed by atoms with Gasteiger partial charge < -0.3 is 10.4 Å². The molecule has 12 heavy (non-hydrogen) atoms. The van der Waals surface area contributed by atoms with E-state index in [1.807, 2.05) is 6.92 Å². The van der Waals surface area contributed by atoms with Crippen molar-refractivity contribution < 1.29 is 9.90 Å². The smallest absolute Gasteiger partial charge is 0.323 e. The van der Waals surface area contributed by atoms with Crippen LogP contribution in [0.25, 0.3) is 0 Å². The van der Waals surface area contributed by atoms with Crippen molar-refractivity contribution in [1.82, 2.24) is 5.32 Å². The molecule has 2 rings (SSSR count). The van der Waals surface area contributed by atoms with Gasteiger partial charge in [-0.25, -0.2) is 0 Å². The van der Waals surface area contributed by atoms with E-state index >= 15 is 0 Å². The number of fused-ring (bicyclic) bond motifs is 2. The fourth-order valence-electron chi connectivity index (χ4n) is 2.54. The quantitative estimate of drug-likeness (QED) is 0.611. The highest BCUT2D eigenvalue weighted by atomic mass is 16.4. The van der Waals surface area contributed by atoms with Gasteiger partial charge in [0.25, 0.3) is 0 Å². The van der Waals surface area contributed by atoms with Gasteiger partial charge in [-0.05, 0) is 44.6 Å². The van der Waals surface area contributed by atoms with E-state index in [-0.39, 0.29) is 0 Å². The van der Waals surface area contributed by atoms with Crippen molar-refractivity contribution in [3.8, 4) is 0 Å². The minimum absolute atomic E-state index is 0.355. The van der Waals surface area contributed by atoms with Crippen LogP contribution in [-0.2, 0) is 4.79 Å². The van der Waals surface area contributed by atoms with Crippen molar-refractivity contribution in [2.45, 2.75) is 31.7 Å². The lowest BCUT2D eigenvalue weighted by molar-refractivity contribution is -0.147. The standard InChI is InChI=1S/C9H15NO2/c1-9(8(11)12)7-3-2-6(4-7)5-10-9/h6-7,10H,2-5H2,1H3,(H,11,12). The van der Waals surface area contributed by atoms with E-state index in [1.54, 1.807) is 0 Å². The van der Waals surface area contributed by atoms with E-state index in [9.17, 15) is 4.79 Å². The van der Waals surface area contributed by atoms with Gasteiger partial charge in [0, 0.05) is 0 Å². The molecule has 0 spiro atoms. The van der Waals surface area contributed by atoms with Gasteiger partial charge in [0.2, 0.25) is 0 Å². The Bertz CT molecular complexity index is 217. The van der Waals surface area contributed by atoms with E-state index in [1.165, 1.54) is 6.42 Å². The SMILES string of the molecule is CC1(C(=O)O)NCC2CCC1C2. The van der Waals surface area contributed by atoms with E-state index < -0.39 is 11.5 Å². The van der Waals surface area contributed by atoms with Gasteiger partial charge >= 0.3 is 5.97 Å². The molecule has 0 aromatic rings. The molecular formula is C9H15NO2. The largest absolute Gasteiger partial charge is 0.480 e. The normalized spacial score (nSPS) is 46.1. The van der Waals surface area contributed by atoms with Crippen LogP contribution in [-0.4, -0.2) is 23.2 Å². The zero-order valence-electron chi connectivity index (χ0n) is 7.34. The zero-order valence-corrected chi connectivity index (χ0v) is 7.34. The average molecular weight is 169 g/mol. The summed E-state index contributed by atoms with van der Waals surface area (Å²) in [5, 5.41) is 12.2. The minimum Gasteiger partial charge on any atom is -0.480 e. The molecule has 0 aromatic heterocycles. The first kappa shape index (κ1) is 8.05. The molecule has 3 nitrogen and oxygen atoms in total. The Balaban J connectivity index is 2.21. The second kappa shape index (κ2) is 2.46. The summed E-state index contributed by atoms with van der Waals surface area (Å²) in [6.45, 7) is 2.71. The summed E-state index contributed by atoms with van der Waals surface area (Å²) in [5.74, 6) is 0.407. The molecule has 1 aliphatic heterocycles. The highest BCUT2D eigenvalue weighted by Gasteiger charge is 2.48. The Morgan fingerprint density at radius 2 is 2.33 bits per heavy atom. The maximum atomic E-state index is 11.0. The van der Waals surface area contributed by atoms with Gasteiger partial charge in [-0.3, -0.25) is 4.79 Å². The van der Waals surface area contributed by atoms with E-state index in [2.05, 4.69) is 5.32 Å². The van der Waals surface area contributed by atoms with Crippen molar-refractivity contribution >= 4 is 5.97 Å². The Labute approximate surface area is 72.2 Å². The number of nitrogens with one attached hydrogen (secondary N) is 1. The maximum Gasteiger partial charge on any atom is 0.323 e. The second-order valence-corrected chi connectivity index (χ2v) is 4.26. The molecule has 0 radical (unpaired) electrons. The highest BCUT2D eigenvalue weighted by molar-refractivity contribution is 5.79. The maximum absolute atomic E-state index is 11.0. The van der Waals surface area contributed by atoms with Crippen LogP contribution in [0.2, 0.25) is 0 Å². The van der Waals surface area contributed by atoms with Crippen molar-refractivity contribution in [2.24, 2.45) is 11.8 Å². The Kier molecular flexibility index (Phi) is 1.65. The molecule has 1 heterocycles. The van der Waals surface area contributed by atoms with Crippen LogP contribution in [0.1, 0.15) is 26.2 Å². The number of carboxylic acids is 1. The first-order valence-electron chi connectivity index (χ1n) is 4.61. The molecule has 2 fully saturated rings. The minimum atomic E-state index is -0.687. The molecule has 0 amide bonds. The molecule has 1 saturated carbocycles. The van der Waals surface area contributed by atoms with Crippen LogP contribution in [0.15, 0.2) is 0 Å². The lowest BCUT2D eigenvalue weighted by atomic mass is 9.81. The number of carbonyl (C=O) groups is 1. The van der Waals surface area contributed by atoms with E-state index in [0.717, 1.165) is 25.3 Å². The summed E-state index contributed by atoms with van der Waals surface area (Å²) in [5.41, 5.74) is -0.646. The molecule has 2 aliphatic rings. The molecule has 68 valence electrons. The number of carboxylic acid groups (broad SMARTS) is 1. The van der Waals surface area contributed by atoms with Gasteiger partial charge in [-0.1, -0.05) is 0 Å². The molecule has 0 aromatic carbocycles. The number of aliphatic carboxylic acids is 1.